The number of aryl methyl sites for hydroxylation is 1. The molecule has 0 amide bonds. The molecule has 1 saturated heterocycles. The Kier molecular flexibility index (Phi) is 3.88. The van der Waals surface area contributed by atoms with Gasteiger partial charge in [-0.1, -0.05) is 19.3 Å². The van der Waals surface area contributed by atoms with Crippen molar-refractivity contribution >= 4 is 5.69 Å². The summed E-state index contributed by atoms with van der Waals surface area (Å²) in [6.45, 7) is 2.66. The lowest BCUT2D eigenvalue weighted by atomic mass is 9.83. The van der Waals surface area contributed by atoms with Crippen molar-refractivity contribution in [3.8, 4) is 5.75 Å². The molecule has 0 radical (unpaired) electrons. The Morgan fingerprint density at radius 3 is 2.80 bits per heavy atom. The van der Waals surface area contributed by atoms with Crippen molar-refractivity contribution in [1.29, 1.82) is 0 Å². The van der Waals surface area contributed by atoms with Crippen molar-refractivity contribution in [3.63, 3.8) is 0 Å². The predicted molar refractivity (Wildman–Crippen MR) is 81.0 cm³/mol. The van der Waals surface area contributed by atoms with Crippen molar-refractivity contribution in [3.05, 3.63) is 23.8 Å². The average Bonchev–Trinajstić information content (AvgIpc) is 2.84. The molecule has 1 aromatic rings. The first kappa shape index (κ1) is 13.7. The maximum absolute atomic E-state index is 6.32. The Morgan fingerprint density at radius 2 is 2.05 bits per heavy atom. The molecule has 2 N–H and O–H groups in total. The molecule has 3 nitrogen and oxygen atoms in total. The van der Waals surface area contributed by atoms with E-state index < -0.39 is 0 Å². The van der Waals surface area contributed by atoms with Crippen LogP contribution in [0, 0.1) is 6.92 Å². The summed E-state index contributed by atoms with van der Waals surface area (Å²) in [7, 11) is 0. The van der Waals surface area contributed by atoms with E-state index >= 15 is 0 Å². The summed E-state index contributed by atoms with van der Waals surface area (Å²) in [5.41, 5.74) is 7.89. The minimum absolute atomic E-state index is 0.184. The molecule has 1 atom stereocenters. The molecule has 0 bridgehead atoms. The van der Waals surface area contributed by atoms with Crippen LogP contribution in [-0.2, 0) is 4.74 Å². The van der Waals surface area contributed by atoms with Gasteiger partial charge in [-0.05, 0) is 56.4 Å². The van der Waals surface area contributed by atoms with Crippen molar-refractivity contribution in [1.82, 2.24) is 0 Å². The van der Waals surface area contributed by atoms with Crippen LogP contribution in [0.4, 0.5) is 5.69 Å². The molecule has 20 heavy (non-hydrogen) atoms. The summed E-state index contributed by atoms with van der Waals surface area (Å²) in [4.78, 5) is 0. The molecular formula is C17H25NO2. The molecule has 2 aliphatic rings. The van der Waals surface area contributed by atoms with Gasteiger partial charge in [-0.25, -0.2) is 0 Å². The molecule has 1 aromatic carbocycles. The van der Waals surface area contributed by atoms with Gasteiger partial charge in [-0.2, -0.15) is 0 Å². The molecule has 1 spiro atoms. The highest BCUT2D eigenvalue weighted by molar-refractivity contribution is 5.49. The van der Waals surface area contributed by atoms with Crippen LogP contribution in [0.25, 0.3) is 0 Å². The molecule has 0 aromatic heterocycles. The quantitative estimate of drug-likeness (QED) is 0.852. The van der Waals surface area contributed by atoms with Gasteiger partial charge in [-0.3, -0.25) is 0 Å². The first-order chi connectivity index (χ1) is 9.67. The number of benzene rings is 1. The number of hydrogen-bond acceptors (Lipinski definition) is 3. The SMILES string of the molecule is Cc1cc(OCC2CCC3(CCCCC3)O2)ccc1N. The molecule has 2 fully saturated rings. The summed E-state index contributed by atoms with van der Waals surface area (Å²) in [5, 5.41) is 0. The van der Waals surface area contributed by atoms with Crippen LogP contribution in [0.5, 0.6) is 5.75 Å². The second-order valence-corrected chi connectivity index (χ2v) is 6.35. The van der Waals surface area contributed by atoms with Gasteiger partial charge in [0.25, 0.3) is 0 Å². The molecule has 1 heterocycles. The zero-order valence-electron chi connectivity index (χ0n) is 12.4. The van der Waals surface area contributed by atoms with E-state index in [2.05, 4.69) is 0 Å². The van der Waals surface area contributed by atoms with Crippen molar-refractivity contribution < 1.29 is 9.47 Å². The molecule has 1 saturated carbocycles. The molecule has 1 aliphatic heterocycles. The minimum atomic E-state index is 0.184. The van der Waals surface area contributed by atoms with Crippen LogP contribution in [0.1, 0.15) is 50.5 Å². The van der Waals surface area contributed by atoms with E-state index in [1.807, 2.05) is 25.1 Å². The van der Waals surface area contributed by atoms with Crippen LogP contribution >= 0.6 is 0 Å². The Morgan fingerprint density at radius 1 is 1.25 bits per heavy atom. The van der Waals surface area contributed by atoms with Gasteiger partial charge in [0.1, 0.15) is 12.4 Å². The molecule has 1 unspecified atom stereocenters. The second-order valence-electron chi connectivity index (χ2n) is 6.35. The number of nitrogens with two attached hydrogens (primary N) is 1. The van der Waals surface area contributed by atoms with Crippen molar-refractivity contribution in [2.45, 2.75) is 63.6 Å². The fourth-order valence-corrected chi connectivity index (χ4v) is 3.50. The summed E-state index contributed by atoms with van der Waals surface area (Å²) >= 11 is 0. The van der Waals surface area contributed by atoms with Gasteiger partial charge in [0.05, 0.1) is 11.7 Å². The van der Waals surface area contributed by atoms with E-state index in [1.165, 1.54) is 38.5 Å². The van der Waals surface area contributed by atoms with Crippen LogP contribution in [0.3, 0.4) is 0 Å². The Bertz CT molecular complexity index is 466. The third kappa shape index (κ3) is 2.93. The zero-order chi connectivity index (χ0) is 14.0. The molecule has 3 heteroatoms. The van der Waals surface area contributed by atoms with Gasteiger partial charge < -0.3 is 15.2 Å². The highest BCUT2D eigenvalue weighted by atomic mass is 16.6. The van der Waals surface area contributed by atoms with E-state index in [9.17, 15) is 0 Å². The zero-order valence-corrected chi connectivity index (χ0v) is 12.4. The maximum atomic E-state index is 6.32. The minimum Gasteiger partial charge on any atom is -0.491 e. The third-order valence-corrected chi connectivity index (χ3v) is 4.78. The largest absolute Gasteiger partial charge is 0.491 e. The Labute approximate surface area is 121 Å². The molecule has 3 rings (SSSR count). The van der Waals surface area contributed by atoms with Crippen molar-refractivity contribution in [2.75, 3.05) is 12.3 Å². The van der Waals surface area contributed by atoms with Gasteiger partial charge >= 0.3 is 0 Å². The van der Waals surface area contributed by atoms with Crippen LogP contribution in [0.2, 0.25) is 0 Å². The molecule has 1 aliphatic carbocycles. The number of rotatable bonds is 3. The van der Waals surface area contributed by atoms with Gasteiger partial charge in [0.15, 0.2) is 0 Å². The number of hydrogen-bond donors (Lipinski definition) is 1. The molecular weight excluding hydrogens is 250 g/mol. The Hall–Kier alpha value is -1.22. The summed E-state index contributed by atoms with van der Waals surface area (Å²) in [5.74, 6) is 0.893. The highest BCUT2D eigenvalue weighted by Gasteiger charge is 2.40. The highest BCUT2D eigenvalue weighted by Crippen LogP contribution is 2.41. The summed E-state index contributed by atoms with van der Waals surface area (Å²) in [6.07, 6.45) is 9.10. The van der Waals surface area contributed by atoms with Crippen LogP contribution < -0.4 is 10.5 Å². The van der Waals surface area contributed by atoms with E-state index in [4.69, 9.17) is 15.2 Å². The third-order valence-electron chi connectivity index (χ3n) is 4.78. The standard InChI is InChI=1S/C17H25NO2/c1-13-11-14(5-6-16(13)18)19-12-15-7-10-17(20-15)8-3-2-4-9-17/h5-6,11,15H,2-4,7-10,12,18H2,1H3. The van der Waals surface area contributed by atoms with E-state index in [-0.39, 0.29) is 11.7 Å². The van der Waals surface area contributed by atoms with E-state index in [0.29, 0.717) is 6.61 Å². The average molecular weight is 275 g/mol. The molecule has 110 valence electrons. The normalized spacial score (nSPS) is 24.9. The second kappa shape index (κ2) is 5.65. The number of nitrogen functional groups attached to an aromatic ring is 1. The van der Waals surface area contributed by atoms with Crippen LogP contribution in [0.15, 0.2) is 18.2 Å². The van der Waals surface area contributed by atoms with Gasteiger partial charge in [0.2, 0.25) is 0 Å². The number of ether oxygens (including phenoxy) is 2. The lowest BCUT2D eigenvalue weighted by molar-refractivity contribution is -0.0748. The fraction of sp³-hybridized carbons (Fsp3) is 0.647. The fourth-order valence-electron chi connectivity index (χ4n) is 3.50. The first-order valence-electron chi connectivity index (χ1n) is 7.84. The van der Waals surface area contributed by atoms with E-state index in [0.717, 1.165) is 23.4 Å². The Balaban J connectivity index is 1.53. The van der Waals surface area contributed by atoms with Gasteiger partial charge in [0, 0.05) is 5.69 Å². The van der Waals surface area contributed by atoms with Crippen molar-refractivity contribution in [2.24, 2.45) is 0 Å². The first-order valence-corrected chi connectivity index (χ1v) is 7.84. The van der Waals surface area contributed by atoms with Crippen LogP contribution in [-0.4, -0.2) is 18.3 Å². The topological polar surface area (TPSA) is 44.5 Å². The van der Waals surface area contributed by atoms with E-state index in [1.54, 1.807) is 0 Å². The monoisotopic (exact) mass is 275 g/mol. The maximum Gasteiger partial charge on any atom is 0.119 e. The van der Waals surface area contributed by atoms with Gasteiger partial charge in [-0.15, -0.1) is 0 Å². The summed E-state index contributed by atoms with van der Waals surface area (Å²) < 4.78 is 12.2. The lowest BCUT2D eigenvalue weighted by Crippen LogP contribution is -2.32. The predicted octanol–water partition coefficient (Wildman–Crippen LogP) is 3.84. The lowest BCUT2D eigenvalue weighted by Gasteiger charge is -2.33. The number of anilines is 1. The summed E-state index contributed by atoms with van der Waals surface area (Å²) in [6, 6.07) is 5.84. The smallest absolute Gasteiger partial charge is 0.119 e.